The Morgan fingerprint density at radius 3 is 2.50 bits per heavy atom. The van der Waals surface area contributed by atoms with Gasteiger partial charge in [0, 0.05) is 18.8 Å². The van der Waals surface area contributed by atoms with Crippen molar-refractivity contribution in [3.63, 3.8) is 0 Å². The second-order valence-electron chi connectivity index (χ2n) is 5.71. The van der Waals surface area contributed by atoms with E-state index in [1.54, 1.807) is 24.4 Å². The van der Waals surface area contributed by atoms with Crippen LogP contribution in [0.25, 0.3) is 0 Å². The number of pyridine rings is 1. The summed E-state index contributed by atoms with van der Waals surface area (Å²) in [5, 5.41) is 5.52. The lowest BCUT2D eigenvalue weighted by atomic mass is 9.84. The normalized spacial score (nSPS) is 15.4. The molecule has 8 heteroatoms. The molecule has 0 aliphatic heterocycles. The summed E-state index contributed by atoms with van der Waals surface area (Å²) in [5.41, 5.74) is 6.09. The van der Waals surface area contributed by atoms with Crippen molar-refractivity contribution in [3.05, 3.63) is 30.1 Å². The Morgan fingerprint density at radius 1 is 1.21 bits per heavy atom. The molecule has 0 saturated heterocycles. The van der Waals surface area contributed by atoms with Gasteiger partial charge >= 0.3 is 0 Å². The van der Waals surface area contributed by atoms with Gasteiger partial charge in [0.1, 0.15) is 5.69 Å². The lowest BCUT2D eigenvalue weighted by molar-refractivity contribution is -0.121. The van der Waals surface area contributed by atoms with Crippen molar-refractivity contribution in [1.29, 1.82) is 0 Å². The number of nitrogens with zero attached hydrogens (tertiary/aromatic N) is 1. The largest absolute Gasteiger partial charge is 0.350 e. The van der Waals surface area contributed by atoms with E-state index in [0.717, 1.165) is 12.8 Å². The number of amides is 2. The molecular weight excluding hydrogens is 351 g/mol. The third kappa shape index (κ3) is 7.03. The van der Waals surface area contributed by atoms with Gasteiger partial charge in [-0.25, -0.2) is 0 Å². The van der Waals surface area contributed by atoms with Gasteiger partial charge in [-0.15, -0.1) is 24.8 Å². The highest BCUT2D eigenvalue weighted by Crippen LogP contribution is 2.26. The Morgan fingerprint density at radius 2 is 1.92 bits per heavy atom. The summed E-state index contributed by atoms with van der Waals surface area (Å²) in [4.78, 5) is 27.8. The smallest absolute Gasteiger partial charge is 0.270 e. The van der Waals surface area contributed by atoms with Gasteiger partial charge in [0.05, 0.1) is 6.54 Å². The molecule has 1 unspecified atom stereocenters. The number of rotatable bonds is 6. The zero-order chi connectivity index (χ0) is 15.8. The van der Waals surface area contributed by atoms with Crippen LogP contribution in [0.15, 0.2) is 24.4 Å². The molecule has 1 aliphatic rings. The van der Waals surface area contributed by atoms with E-state index in [-0.39, 0.29) is 49.2 Å². The summed E-state index contributed by atoms with van der Waals surface area (Å²) in [7, 11) is 0. The SMILES string of the molecule is Cl.Cl.NCC(NC(=O)CNC(=O)c1ccccn1)C1CCCCC1. The van der Waals surface area contributed by atoms with Crippen LogP contribution in [0.3, 0.4) is 0 Å². The van der Waals surface area contributed by atoms with Crippen molar-refractivity contribution in [2.45, 2.75) is 38.1 Å². The zero-order valence-electron chi connectivity index (χ0n) is 13.6. The van der Waals surface area contributed by atoms with Gasteiger partial charge in [-0.3, -0.25) is 14.6 Å². The topological polar surface area (TPSA) is 97.1 Å². The minimum Gasteiger partial charge on any atom is -0.350 e. The van der Waals surface area contributed by atoms with Crippen LogP contribution in [0.4, 0.5) is 0 Å². The van der Waals surface area contributed by atoms with E-state index in [9.17, 15) is 9.59 Å². The van der Waals surface area contributed by atoms with E-state index < -0.39 is 0 Å². The van der Waals surface area contributed by atoms with Gasteiger partial charge in [0.25, 0.3) is 5.91 Å². The number of nitrogens with two attached hydrogens (primary N) is 1. The van der Waals surface area contributed by atoms with Crippen molar-refractivity contribution in [1.82, 2.24) is 15.6 Å². The molecule has 1 saturated carbocycles. The Bertz CT molecular complexity index is 496. The van der Waals surface area contributed by atoms with Crippen LogP contribution < -0.4 is 16.4 Å². The summed E-state index contributed by atoms with van der Waals surface area (Å²) < 4.78 is 0. The maximum absolute atomic E-state index is 12.0. The maximum atomic E-state index is 12.0. The van der Waals surface area contributed by atoms with E-state index in [0.29, 0.717) is 18.2 Å². The summed E-state index contributed by atoms with van der Waals surface area (Å²) >= 11 is 0. The highest BCUT2D eigenvalue weighted by molar-refractivity contribution is 5.94. The molecule has 6 nitrogen and oxygen atoms in total. The van der Waals surface area contributed by atoms with Crippen LogP contribution >= 0.6 is 24.8 Å². The number of hydrogen-bond acceptors (Lipinski definition) is 4. The van der Waals surface area contributed by atoms with Gasteiger partial charge in [0.2, 0.25) is 5.91 Å². The molecule has 0 radical (unpaired) electrons. The van der Waals surface area contributed by atoms with Gasteiger partial charge in [-0.05, 0) is 30.9 Å². The first-order chi connectivity index (χ1) is 10.7. The molecule has 136 valence electrons. The Hall–Kier alpha value is -1.37. The predicted molar refractivity (Wildman–Crippen MR) is 98.6 cm³/mol. The average Bonchev–Trinajstić information content (AvgIpc) is 2.59. The van der Waals surface area contributed by atoms with Gasteiger partial charge in [0.15, 0.2) is 0 Å². The van der Waals surface area contributed by atoms with Crippen LogP contribution in [0.5, 0.6) is 0 Å². The Kier molecular flexibility index (Phi) is 11.4. The minimum atomic E-state index is -0.349. The fourth-order valence-electron chi connectivity index (χ4n) is 2.91. The summed E-state index contributed by atoms with van der Waals surface area (Å²) in [5.74, 6) is -0.0998. The van der Waals surface area contributed by atoms with Gasteiger partial charge < -0.3 is 16.4 Å². The second-order valence-corrected chi connectivity index (χ2v) is 5.71. The average molecular weight is 377 g/mol. The Labute approximate surface area is 155 Å². The van der Waals surface area contributed by atoms with Crippen LogP contribution in [0, 0.1) is 5.92 Å². The lowest BCUT2D eigenvalue weighted by Crippen LogP contribution is -2.49. The first-order valence-electron chi connectivity index (χ1n) is 7.89. The standard InChI is InChI=1S/C16H24N4O2.2ClH/c17-10-14(12-6-2-1-3-7-12)20-15(21)11-19-16(22)13-8-4-5-9-18-13;;/h4-5,8-9,12,14H,1-3,6-7,10-11,17H2,(H,19,22)(H,20,21);2*1H. The molecule has 1 fully saturated rings. The van der Waals surface area contributed by atoms with Crippen molar-refractivity contribution >= 4 is 36.6 Å². The fraction of sp³-hybridized carbons (Fsp3) is 0.562. The Balaban J connectivity index is 0.00000264. The molecule has 0 aromatic carbocycles. The third-order valence-electron chi connectivity index (χ3n) is 4.13. The molecule has 1 atom stereocenters. The molecule has 2 rings (SSSR count). The number of aromatic nitrogens is 1. The van der Waals surface area contributed by atoms with E-state index in [1.807, 2.05) is 0 Å². The van der Waals surface area contributed by atoms with Crippen molar-refractivity contribution < 1.29 is 9.59 Å². The number of halogens is 2. The molecule has 4 N–H and O–H groups in total. The fourth-order valence-corrected chi connectivity index (χ4v) is 2.91. The van der Waals surface area contributed by atoms with Gasteiger partial charge in [-0.1, -0.05) is 25.3 Å². The maximum Gasteiger partial charge on any atom is 0.270 e. The molecule has 24 heavy (non-hydrogen) atoms. The van der Waals surface area contributed by atoms with Crippen molar-refractivity contribution in [2.75, 3.05) is 13.1 Å². The lowest BCUT2D eigenvalue weighted by Gasteiger charge is -2.30. The molecule has 1 aromatic rings. The summed E-state index contributed by atoms with van der Waals surface area (Å²) in [6.45, 7) is 0.378. The number of hydrogen-bond donors (Lipinski definition) is 3. The predicted octanol–water partition coefficient (Wildman–Crippen LogP) is 1.68. The summed E-state index contributed by atoms with van der Waals surface area (Å²) in [6, 6.07) is 5.08. The van der Waals surface area contributed by atoms with E-state index >= 15 is 0 Å². The molecule has 0 bridgehead atoms. The number of nitrogens with one attached hydrogen (secondary N) is 2. The number of carbonyl (C=O) groups is 2. The highest BCUT2D eigenvalue weighted by atomic mass is 35.5. The molecular formula is C16H26Cl2N4O2. The van der Waals surface area contributed by atoms with E-state index in [2.05, 4.69) is 15.6 Å². The van der Waals surface area contributed by atoms with Crippen LogP contribution in [0.2, 0.25) is 0 Å². The molecule has 1 heterocycles. The quantitative estimate of drug-likeness (QED) is 0.703. The van der Waals surface area contributed by atoms with Gasteiger partial charge in [-0.2, -0.15) is 0 Å². The molecule has 1 aliphatic carbocycles. The zero-order valence-corrected chi connectivity index (χ0v) is 15.2. The van der Waals surface area contributed by atoms with E-state index in [4.69, 9.17) is 5.73 Å². The molecule has 2 amide bonds. The van der Waals surface area contributed by atoms with E-state index in [1.165, 1.54) is 19.3 Å². The van der Waals surface area contributed by atoms with Crippen molar-refractivity contribution in [2.24, 2.45) is 11.7 Å². The molecule has 1 aromatic heterocycles. The first kappa shape index (κ1) is 22.6. The highest BCUT2D eigenvalue weighted by Gasteiger charge is 2.24. The third-order valence-corrected chi connectivity index (χ3v) is 4.13. The first-order valence-corrected chi connectivity index (χ1v) is 7.89. The van der Waals surface area contributed by atoms with Crippen LogP contribution in [-0.2, 0) is 4.79 Å². The minimum absolute atomic E-state index is 0. The molecule has 0 spiro atoms. The number of carbonyl (C=O) groups excluding carboxylic acids is 2. The second kappa shape index (κ2) is 12.1. The monoisotopic (exact) mass is 376 g/mol. The van der Waals surface area contributed by atoms with Crippen molar-refractivity contribution in [3.8, 4) is 0 Å². The summed E-state index contributed by atoms with van der Waals surface area (Å²) in [6.07, 6.45) is 7.44. The van der Waals surface area contributed by atoms with Crippen LogP contribution in [-0.4, -0.2) is 35.9 Å². The van der Waals surface area contributed by atoms with Crippen LogP contribution in [0.1, 0.15) is 42.6 Å².